The van der Waals surface area contributed by atoms with Gasteiger partial charge in [0.25, 0.3) is 5.91 Å². The van der Waals surface area contributed by atoms with Gasteiger partial charge in [0.1, 0.15) is 5.58 Å². The standard InChI is InChI=1S/C24H26N2O4/c1-17-12-21-19(15-29-22(21)13-18(17)2)14-24(28)30-16-23(27)26-10-8-25(9-11-26)20-6-4-3-5-7-20/h3-7,12-13,15H,8-11,14,16H2,1-2H3. The predicted molar refractivity (Wildman–Crippen MR) is 116 cm³/mol. The van der Waals surface area contributed by atoms with Gasteiger partial charge in [0.15, 0.2) is 6.61 Å². The molecule has 4 rings (SSSR count). The van der Waals surface area contributed by atoms with Gasteiger partial charge < -0.3 is 19.0 Å². The van der Waals surface area contributed by atoms with Crippen LogP contribution in [0.3, 0.4) is 0 Å². The summed E-state index contributed by atoms with van der Waals surface area (Å²) >= 11 is 0. The molecule has 1 amide bonds. The first-order valence-electron chi connectivity index (χ1n) is 10.2. The van der Waals surface area contributed by atoms with Crippen molar-refractivity contribution in [1.82, 2.24) is 4.90 Å². The molecule has 0 spiro atoms. The van der Waals surface area contributed by atoms with E-state index in [1.807, 2.05) is 44.2 Å². The molecular weight excluding hydrogens is 380 g/mol. The summed E-state index contributed by atoms with van der Waals surface area (Å²) in [7, 11) is 0. The lowest BCUT2D eigenvalue weighted by atomic mass is 10.0. The SMILES string of the molecule is Cc1cc2occ(CC(=O)OCC(=O)N3CCN(c4ccccc4)CC3)c2cc1C. The van der Waals surface area contributed by atoms with Gasteiger partial charge in [-0.1, -0.05) is 18.2 Å². The van der Waals surface area contributed by atoms with E-state index in [1.165, 1.54) is 0 Å². The van der Waals surface area contributed by atoms with E-state index in [2.05, 4.69) is 17.0 Å². The summed E-state index contributed by atoms with van der Waals surface area (Å²) in [6.07, 6.45) is 1.68. The van der Waals surface area contributed by atoms with Gasteiger partial charge in [-0.2, -0.15) is 0 Å². The van der Waals surface area contributed by atoms with Gasteiger partial charge in [0, 0.05) is 42.8 Å². The van der Waals surface area contributed by atoms with Gasteiger partial charge in [-0.25, -0.2) is 0 Å². The molecule has 1 aromatic heterocycles. The number of anilines is 1. The second-order valence-corrected chi connectivity index (χ2v) is 7.73. The largest absolute Gasteiger partial charge is 0.464 e. The number of ether oxygens (including phenoxy) is 1. The summed E-state index contributed by atoms with van der Waals surface area (Å²) in [5.41, 5.74) is 4.98. The van der Waals surface area contributed by atoms with E-state index in [4.69, 9.17) is 9.15 Å². The molecule has 1 aliphatic heterocycles. The number of carbonyl (C=O) groups is 2. The molecule has 0 saturated carbocycles. The van der Waals surface area contributed by atoms with Crippen molar-refractivity contribution >= 4 is 28.5 Å². The van der Waals surface area contributed by atoms with Crippen LogP contribution in [0.2, 0.25) is 0 Å². The molecule has 0 aliphatic carbocycles. The summed E-state index contributed by atoms with van der Waals surface area (Å²) in [6, 6.07) is 14.2. The molecule has 2 aromatic carbocycles. The van der Waals surface area contributed by atoms with Crippen LogP contribution < -0.4 is 4.90 Å². The Labute approximate surface area is 176 Å². The van der Waals surface area contributed by atoms with Crippen LogP contribution in [0.15, 0.2) is 53.1 Å². The Morgan fingerprint density at radius 2 is 1.70 bits per heavy atom. The van der Waals surface area contributed by atoms with Gasteiger partial charge in [-0.05, 0) is 49.2 Å². The second-order valence-electron chi connectivity index (χ2n) is 7.73. The lowest BCUT2D eigenvalue weighted by Crippen LogP contribution is -2.49. The average molecular weight is 406 g/mol. The Morgan fingerprint density at radius 1 is 1.00 bits per heavy atom. The maximum absolute atomic E-state index is 12.5. The fraction of sp³-hybridized carbons (Fsp3) is 0.333. The number of piperazine rings is 1. The molecular formula is C24H26N2O4. The molecule has 30 heavy (non-hydrogen) atoms. The number of esters is 1. The van der Waals surface area contributed by atoms with E-state index < -0.39 is 5.97 Å². The van der Waals surface area contributed by atoms with Crippen LogP contribution >= 0.6 is 0 Å². The van der Waals surface area contributed by atoms with Gasteiger partial charge in [0.05, 0.1) is 12.7 Å². The Balaban J connectivity index is 1.27. The predicted octanol–water partition coefficient (Wildman–Crippen LogP) is 3.48. The van der Waals surface area contributed by atoms with Crippen LogP contribution in [-0.2, 0) is 20.7 Å². The third kappa shape index (κ3) is 4.32. The van der Waals surface area contributed by atoms with Gasteiger partial charge in [-0.3, -0.25) is 9.59 Å². The third-order valence-corrected chi connectivity index (χ3v) is 5.72. The Kier molecular flexibility index (Phi) is 5.74. The van der Waals surface area contributed by atoms with Crippen molar-refractivity contribution in [1.29, 1.82) is 0 Å². The molecule has 1 saturated heterocycles. The number of furan rings is 1. The number of hydrogen-bond donors (Lipinski definition) is 0. The number of benzene rings is 2. The Bertz CT molecular complexity index is 1050. The minimum atomic E-state index is -0.424. The lowest BCUT2D eigenvalue weighted by Gasteiger charge is -2.36. The highest BCUT2D eigenvalue weighted by molar-refractivity contribution is 5.87. The highest BCUT2D eigenvalue weighted by atomic mass is 16.5. The van der Waals surface area contributed by atoms with Crippen LogP contribution in [0, 0.1) is 13.8 Å². The fourth-order valence-corrected chi connectivity index (χ4v) is 3.77. The summed E-state index contributed by atoms with van der Waals surface area (Å²) in [4.78, 5) is 28.8. The molecule has 2 heterocycles. The highest BCUT2D eigenvalue weighted by Crippen LogP contribution is 2.25. The van der Waals surface area contributed by atoms with E-state index in [0.29, 0.717) is 13.1 Å². The molecule has 3 aromatic rings. The molecule has 0 atom stereocenters. The van der Waals surface area contributed by atoms with Gasteiger partial charge >= 0.3 is 5.97 Å². The molecule has 1 aliphatic rings. The second kappa shape index (κ2) is 8.61. The quantitative estimate of drug-likeness (QED) is 0.607. The molecule has 1 fully saturated rings. The summed E-state index contributed by atoms with van der Waals surface area (Å²) in [6.45, 7) is 6.61. The number of carbonyl (C=O) groups excluding carboxylic acids is 2. The van der Waals surface area contributed by atoms with Crippen molar-refractivity contribution in [2.75, 3.05) is 37.7 Å². The average Bonchev–Trinajstić information content (AvgIpc) is 3.14. The zero-order valence-electron chi connectivity index (χ0n) is 17.4. The molecule has 0 unspecified atom stereocenters. The fourth-order valence-electron chi connectivity index (χ4n) is 3.77. The van der Waals surface area contributed by atoms with Crippen molar-refractivity contribution in [3.63, 3.8) is 0 Å². The minimum absolute atomic E-state index is 0.0879. The number of aryl methyl sites for hydroxylation is 2. The number of nitrogens with zero attached hydrogens (tertiary/aromatic N) is 2. The Morgan fingerprint density at radius 3 is 2.43 bits per heavy atom. The minimum Gasteiger partial charge on any atom is -0.464 e. The van der Waals surface area contributed by atoms with E-state index in [9.17, 15) is 9.59 Å². The third-order valence-electron chi connectivity index (χ3n) is 5.72. The van der Waals surface area contributed by atoms with Crippen molar-refractivity contribution in [3.8, 4) is 0 Å². The van der Waals surface area contributed by atoms with Gasteiger partial charge in [0.2, 0.25) is 0 Å². The number of amides is 1. The molecule has 156 valence electrons. The summed E-state index contributed by atoms with van der Waals surface area (Å²) in [5.74, 6) is -0.577. The molecule has 0 bridgehead atoms. The first kappa shape index (κ1) is 20.0. The number of para-hydroxylation sites is 1. The first-order chi connectivity index (χ1) is 14.5. The smallest absolute Gasteiger partial charge is 0.310 e. The van der Waals surface area contributed by atoms with Crippen LogP contribution in [0.25, 0.3) is 11.0 Å². The molecule has 6 nitrogen and oxygen atoms in total. The maximum atomic E-state index is 12.5. The van der Waals surface area contributed by atoms with Crippen LogP contribution in [0.5, 0.6) is 0 Å². The zero-order chi connectivity index (χ0) is 21.1. The van der Waals surface area contributed by atoms with Crippen molar-refractivity contribution in [2.45, 2.75) is 20.3 Å². The van der Waals surface area contributed by atoms with E-state index >= 15 is 0 Å². The van der Waals surface area contributed by atoms with E-state index in [1.54, 1.807) is 11.2 Å². The molecule has 0 N–H and O–H groups in total. The number of fused-ring (bicyclic) bond motifs is 1. The Hall–Kier alpha value is -3.28. The van der Waals surface area contributed by atoms with Crippen LogP contribution in [0.4, 0.5) is 5.69 Å². The van der Waals surface area contributed by atoms with Crippen molar-refractivity contribution < 1.29 is 18.7 Å². The maximum Gasteiger partial charge on any atom is 0.310 e. The van der Waals surface area contributed by atoms with E-state index in [0.717, 1.165) is 46.4 Å². The number of rotatable bonds is 5. The molecule has 0 radical (unpaired) electrons. The number of hydrogen-bond acceptors (Lipinski definition) is 5. The van der Waals surface area contributed by atoms with Crippen molar-refractivity contribution in [3.05, 3.63) is 65.4 Å². The van der Waals surface area contributed by atoms with Crippen molar-refractivity contribution in [2.24, 2.45) is 0 Å². The molecule has 6 heteroatoms. The van der Waals surface area contributed by atoms with E-state index in [-0.39, 0.29) is 18.9 Å². The van der Waals surface area contributed by atoms with Crippen LogP contribution in [-0.4, -0.2) is 49.6 Å². The first-order valence-corrected chi connectivity index (χ1v) is 10.2. The highest BCUT2D eigenvalue weighted by Gasteiger charge is 2.22. The summed E-state index contributed by atoms with van der Waals surface area (Å²) in [5, 5.41) is 0.915. The lowest BCUT2D eigenvalue weighted by molar-refractivity contribution is -0.151. The topological polar surface area (TPSA) is 63.0 Å². The van der Waals surface area contributed by atoms with Crippen LogP contribution in [0.1, 0.15) is 16.7 Å². The summed E-state index contributed by atoms with van der Waals surface area (Å²) < 4.78 is 10.8. The van der Waals surface area contributed by atoms with Gasteiger partial charge in [-0.15, -0.1) is 0 Å². The monoisotopic (exact) mass is 406 g/mol. The zero-order valence-corrected chi connectivity index (χ0v) is 17.4. The normalized spacial score (nSPS) is 14.2.